The molecular weight excluding hydrogens is 264 g/mol. The summed E-state index contributed by atoms with van der Waals surface area (Å²) in [5, 5.41) is 14.0. The molecule has 0 bridgehead atoms. The van der Waals surface area contributed by atoms with E-state index in [-0.39, 0.29) is 18.2 Å². The van der Waals surface area contributed by atoms with E-state index in [1.807, 2.05) is 0 Å². The molecule has 1 aliphatic rings. The topological polar surface area (TPSA) is 105 Å². The normalized spacial score (nSPS) is 20.2. The van der Waals surface area contributed by atoms with Gasteiger partial charge in [0.15, 0.2) is 5.78 Å². The summed E-state index contributed by atoms with van der Waals surface area (Å²) < 4.78 is 5.07. The molecule has 2 atom stereocenters. The van der Waals surface area contributed by atoms with E-state index in [4.69, 9.17) is 9.84 Å². The Balaban J connectivity index is 2.62. The summed E-state index contributed by atoms with van der Waals surface area (Å²) in [5.74, 6) is -0.993. The number of rotatable bonds is 5. The number of carbonyl (C=O) groups excluding carboxylic acids is 3. The fourth-order valence-corrected chi connectivity index (χ4v) is 1.99. The maximum absolute atomic E-state index is 11.7. The fourth-order valence-electron chi connectivity index (χ4n) is 1.99. The van der Waals surface area contributed by atoms with E-state index in [0.29, 0.717) is 13.0 Å². The largest absolute Gasteiger partial charge is 0.444 e. The van der Waals surface area contributed by atoms with Crippen LogP contribution in [0.25, 0.3) is 0 Å². The highest BCUT2D eigenvalue weighted by Crippen LogP contribution is 2.17. The lowest BCUT2D eigenvalue weighted by Gasteiger charge is -2.23. The highest BCUT2D eigenvalue weighted by Gasteiger charge is 2.31. The number of aliphatic hydroxyl groups is 1. The minimum absolute atomic E-state index is 0.133. The highest BCUT2D eigenvalue weighted by molar-refractivity contribution is 5.89. The van der Waals surface area contributed by atoms with Crippen molar-refractivity contribution in [1.82, 2.24) is 10.6 Å². The minimum Gasteiger partial charge on any atom is -0.444 e. The molecule has 0 saturated carbocycles. The van der Waals surface area contributed by atoms with Gasteiger partial charge in [0.05, 0.1) is 6.04 Å². The van der Waals surface area contributed by atoms with Crippen LogP contribution in [-0.2, 0) is 14.3 Å². The number of aliphatic hydroxyl groups excluding tert-OH is 1. The van der Waals surface area contributed by atoms with E-state index < -0.39 is 30.1 Å². The Morgan fingerprint density at radius 2 is 2.15 bits per heavy atom. The van der Waals surface area contributed by atoms with Gasteiger partial charge in [0, 0.05) is 12.5 Å². The smallest absolute Gasteiger partial charge is 0.408 e. The molecule has 0 aromatic heterocycles. The molecule has 0 spiro atoms. The highest BCUT2D eigenvalue weighted by atomic mass is 16.6. The van der Waals surface area contributed by atoms with Crippen LogP contribution in [0.15, 0.2) is 0 Å². The Hall–Kier alpha value is -1.63. The number of carbonyl (C=O) groups is 3. The fraction of sp³-hybridized carbons (Fsp3) is 0.769. The molecule has 2 amide bonds. The molecule has 7 nitrogen and oxygen atoms in total. The molecule has 0 aromatic rings. The van der Waals surface area contributed by atoms with Crippen molar-refractivity contribution < 1.29 is 24.2 Å². The van der Waals surface area contributed by atoms with Crippen LogP contribution in [0, 0.1) is 5.92 Å². The first-order chi connectivity index (χ1) is 9.23. The van der Waals surface area contributed by atoms with E-state index in [2.05, 4.69) is 10.6 Å². The first-order valence-electron chi connectivity index (χ1n) is 6.63. The maximum atomic E-state index is 11.7. The van der Waals surface area contributed by atoms with Gasteiger partial charge >= 0.3 is 6.09 Å². The van der Waals surface area contributed by atoms with Crippen LogP contribution in [0.1, 0.15) is 33.6 Å². The van der Waals surface area contributed by atoms with E-state index in [1.165, 1.54) is 0 Å². The van der Waals surface area contributed by atoms with Crippen molar-refractivity contribution >= 4 is 17.8 Å². The van der Waals surface area contributed by atoms with Crippen molar-refractivity contribution in [3.63, 3.8) is 0 Å². The SMILES string of the molecule is CC(C)(C)OC(=O)NC(CC1CCNC1=O)C(=O)CO. The van der Waals surface area contributed by atoms with Crippen molar-refractivity contribution in [2.45, 2.75) is 45.3 Å². The molecular formula is C13H22N2O5. The number of hydrogen-bond acceptors (Lipinski definition) is 5. The molecule has 0 radical (unpaired) electrons. The van der Waals surface area contributed by atoms with Crippen molar-refractivity contribution in [3.05, 3.63) is 0 Å². The summed E-state index contributed by atoms with van der Waals surface area (Å²) in [5.41, 5.74) is -0.679. The average molecular weight is 286 g/mol. The molecule has 0 aliphatic carbocycles. The lowest BCUT2D eigenvalue weighted by atomic mass is 9.96. The van der Waals surface area contributed by atoms with Crippen LogP contribution in [-0.4, -0.2) is 47.7 Å². The number of Topliss-reactive ketones (excluding diaryl/α,β-unsaturated/α-hetero) is 1. The van der Waals surface area contributed by atoms with Crippen LogP contribution < -0.4 is 10.6 Å². The van der Waals surface area contributed by atoms with Gasteiger partial charge in [-0.2, -0.15) is 0 Å². The zero-order valence-electron chi connectivity index (χ0n) is 12.1. The Morgan fingerprint density at radius 3 is 2.60 bits per heavy atom. The van der Waals surface area contributed by atoms with E-state index in [0.717, 1.165) is 0 Å². The Bertz CT molecular complexity index is 389. The summed E-state index contributed by atoms with van der Waals surface area (Å²) in [6, 6.07) is -0.913. The van der Waals surface area contributed by atoms with Gasteiger partial charge in [0.2, 0.25) is 5.91 Å². The molecule has 1 aliphatic heterocycles. The van der Waals surface area contributed by atoms with E-state index in [9.17, 15) is 14.4 Å². The molecule has 3 N–H and O–H groups in total. The molecule has 2 unspecified atom stereocenters. The van der Waals surface area contributed by atoms with Gasteiger partial charge in [0.25, 0.3) is 0 Å². The van der Waals surface area contributed by atoms with Gasteiger partial charge in [0.1, 0.15) is 12.2 Å². The van der Waals surface area contributed by atoms with Crippen molar-refractivity contribution in [1.29, 1.82) is 0 Å². The van der Waals surface area contributed by atoms with Gasteiger partial charge in [-0.3, -0.25) is 9.59 Å². The van der Waals surface area contributed by atoms with Gasteiger partial charge in [-0.1, -0.05) is 0 Å². The van der Waals surface area contributed by atoms with Crippen LogP contribution in [0.4, 0.5) is 4.79 Å². The van der Waals surface area contributed by atoms with Crippen LogP contribution in [0.2, 0.25) is 0 Å². The second-order valence-electron chi connectivity index (χ2n) is 5.84. The minimum atomic E-state index is -0.913. The van der Waals surface area contributed by atoms with E-state index >= 15 is 0 Å². The summed E-state index contributed by atoms with van der Waals surface area (Å²) in [6.45, 7) is 5.00. The van der Waals surface area contributed by atoms with Crippen LogP contribution >= 0.6 is 0 Å². The second-order valence-corrected chi connectivity index (χ2v) is 5.84. The van der Waals surface area contributed by atoms with Gasteiger partial charge in [-0.15, -0.1) is 0 Å². The number of alkyl carbamates (subject to hydrolysis) is 1. The van der Waals surface area contributed by atoms with Gasteiger partial charge in [-0.05, 0) is 33.6 Å². The standard InChI is InChI=1S/C13H22N2O5/c1-13(2,3)20-12(19)15-9(10(17)7-16)6-8-4-5-14-11(8)18/h8-9,16H,4-7H2,1-3H3,(H,14,18)(H,15,19). The van der Waals surface area contributed by atoms with Crippen molar-refractivity contribution in [3.8, 4) is 0 Å². The number of amides is 2. The van der Waals surface area contributed by atoms with E-state index in [1.54, 1.807) is 20.8 Å². The molecule has 1 rings (SSSR count). The first-order valence-corrected chi connectivity index (χ1v) is 6.63. The molecule has 1 heterocycles. The predicted molar refractivity (Wildman–Crippen MR) is 71.0 cm³/mol. The summed E-state index contributed by atoms with van der Waals surface area (Å²) in [7, 11) is 0. The maximum Gasteiger partial charge on any atom is 0.408 e. The summed E-state index contributed by atoms with van der Waals surface area (Å²) in [6.07, 6.45) is 0.0526. The molecule has 7 heteroatoms. The Kier molecular flexibility index (Phi) is 5.50. The van der Waals surface area contributed by atoms with Gasteiger partial charge < -0.3 is 20.5 Å². The third kappa shape index (κ3) is 5.16. The number of nitrogens with one attached hydrogen (secondary N) is 2. The second kappa shape index (κ2) is 6.69. The zero-order valence-corrected chi connectivity index (χ0v) is 12.1. The van der Waals surface area contributed by atoms with Crippen molar-refractivity contribution in [2.75, 3.05) is 13.2 Å². The number of ether oxygens (including phenoxy) is 1. The Labute approximate surface area is 118 Å². The zero-order chi connectivity index (χ0) is 15.3. The third-order valence-electron chi connectivity index (χ3n) is 2.92. The molecule has 1 fully saturated rings. The van der Waals surface area contributed by atoms with Crippen LogP contribution in [0.5, 0.6) is 0 Å². The summed E-state index contributed by atoms with van der Waals surface area (Å²) in [4.78, 5) is 34.8. The Morgan fingerprint density at radius 1 is 1.50 bits per heavy atom. The lowest BCUT2D eigenvalue weighted by Crippen LogP contribution is -2.46. The quantitative estimate of drug-likeness (QED) is 0.658. The van der Waals surface area contributed by atoms with Crippen LogP contribution in [0.3, 0.4) is 0 Å². The number of ketones is 1. The molecule has 20 heavy (non-hydrogen) atoms. The lowest BCUT2D eigenvalue weighted by molar-refractivity contribution is -0.125. The monoisotopic (exact) mass is 286 g/mol. The van der Waals surface area contributed by atoms with Gasteiger partial charge in [-0.25, -0.2) is 4.79 Å². The summed E-state index contributed by atoms with van der Waals surface area (Å²) >= 11 is 0. The number of hydrogen-bond donors (Lipinski definition) is 3. The molecule has 1 saturated heterocycles. The third-order valence-corrected chi connectivity index (χ3v) is 2.92. The molecule has 114 valence electrons. The van der Waals surface area contributed by atoms with Crippen molar-refractivity contribution in [2.24, 2.45) is 5.92 Å². The molecule has 0 aromatic carbocycles. The predicted octanol–water partition coefficient (Wildman–Crippen LogP) is -0.0327. The average Bonchev–Trinajstić information content (AvgIpc) is 2.70. The first kappa shape index (κ1) is 16.4.